The molecule has 0 radical (unpaired) electrons. The molecule has 0 bridgehead atoms. The molecule has 2 aromatic rings. The Bertz CT molecular complexity index is 1000. The highest BCUT2D eigenvalue weighted by atomic mass is 32.2. The minimum atomic E-state index is -3.27. The number of benzene rings is 1. The van der Waals surface area contributed by atoms with Gasteiger partial charge in [-0.2, -0.15) is 4.98 Å². The number of para-hydroxylation sites is 1. The molecule has 0 unspecified atom stereocenters. The number of hydrogen-bond donors (Lipinski definition) is 1. The van der Waals surface area contributed by atoms with E-state index >= 15 is 0 Å². The van der Waals surface area contributed by atoms with Gasteiger partial charge in [0.15, 0.2) is 9.84 Å². The molecule has 160 valence electrons. The number of hydrogen-bond acceptors (Lipinski definition) is 7. The number of sulfone groups is 1. The Morgan fingerprint density at radius 1 is 1.20 bits per heavy atom. The Hall–Kier alpha value is -2.94. The molecule has 0 aliphatic carbocycles. The molecule has 1 aromatic carbocycles. The molecule has 1 saturated heterocycles. The average molecular weight is 431 g/mol. The lowest BCUT2D eigenvalue weighted by atomic mass is 10.1. The lowest BCUT2D eigenvalue weighted by Crippen LogP contribution is -2.33. The van der Waals surface area contributed by atoms with Gasteiger partial charge in [-0.15, -0.1) is 0 Å². The van der Waals surface area contributed by atoms with E-state index in [0.717, 1.165) is 37.6 Å². The van der Waals surface area contributed by atoms with Crippen molar-refractivity contribution in [1.29, 1.82) is 0 Å². The van der Waals surface area contributed by atoms with E-state index in [0.29, 0.717) is 11.7 Å². The van der Waals surface area contributed by atoms with Crippen molar-refractivity contribution >= 4 is 21.7 Å². The zero-order valence-corrected chi connectivity index (χ0v) is 17.9. The van der Waals surface area contributed by atoms with Gasteiger partial charge in [-0.1, -0.05) is 24.3 Å². The molecule has 1 aliphatic heterocycles. The van der Waals surface area contributed by atoms with Crippen LogP contribution in [0.4, 0.5) is 5.95 Å². The SMILES string of the molecule is C[C@@H](/C=C/S(C)(=O)=O)NC(=O)c1cnc(N2CCCCC2)nc1Oc1ccccc1. The van der Waals surface area contributed by atoms with Crippen molar-refractivity contribution in [3.05, 3.63) is 53.6 Å². The number of amides is 1. The van der Waals surface area contributed by atoms with E-state index in [4.69, 9.17) is 4.74 Å². The molecular weight excluding hydrogens is 404 g/mol. The Morgan fingerprint density at radius 3 is 2.57 bits per heavy atom. The molecule has 1 atom stereocenters. The van der Waals surface area contributed by atoms with Gasteiger partial charge in [0.25, 0.3) is 5.91 Å². The fourth-order valence-electron chi connectivity index (χ4n) is 3.03. The Kier molecular flexibility index (Phi) is 7.04. The molecule has 30 heavy (non-hydrogen) atoms. The summed E-state index contributed by atoms with van der Waals surface area (Å²) < 4.78 is 28.5. The van der Waals surface area contributed by atoms with Crippen molar-refractivity contribution in [2.45, 2.75) is 32.2 Å². The minimum absolute atomic E-state index is 0.161. The van der Waals surface area contributed by atoms with Crippen LogP contribution in [0.1, 0.15) is 36.5 Å². The summed E-state index contributed by atoms with van der Waals surface area (Å²) in [6.07, 6.45) is 7.29. The number of ether oxygens (including phenoxy) is 1. The van der Waals surface area contributed by atoms with Crippen molar-refractivity contribution in [3.8, 4) is 11.6 Å². The van der Waals surface area contributed by atoms with Gasteiger partial charge in [0.2, 0.25) is 11.8 Å². The third-order valence-electron chi connectivity index (χ3n) is 4.56. The maximum Gasteiger partial charge on any atom is 0.258 e. The second kappa shape index (κ2) is 9.71. The van der Waals surface area contributed by atoms with Crippen LogP contribution in [0.25, 0.3) is 0 Å². The van der Waals surface area contributed by atoms with Crippen LogP contribution in [0.15, 0.2) is 48.0 Å². The van der Waals surface area contributed by atoms with Gasteiger partial charge in [0, 0.05) is 37.0 Å². The highest BCUT2D eigenvalue weighted by Gasteiger charge is 2.21. The van der Waals surface area contributed by atoms with Gasteiger partial charge in [-0.05, 0) is 38.3 Å². The molecule has 1 fully saturated rings. The molecule has 9 heteroatoms. The summed E-state index contributed by atoms with van der Waals surface area (Å²) in [7, 11) is -3.27. The van der Waals surface area contributed by atoms with Crippen molar-refractivity contribution in [2.75, 3.05) is 24.2 Å². The third kappa shape index (κ3) is 6.28. The maximum atomic E-state index is 12.8. The second-order valence-electron chi connectivity index (χ2n) is 7.27. The highest BCUT2D eigenvalue weighted by Crippen LogP contribution is 2.26. The first-order valence-corrected chi connectivity index (χ1v) is 11.8. The number of nitrogens with zero attached hydrogens (tertiary/aromatic N) is 3. The molecule has 3 rings (SSSR count). The van der Waals surface area contributed by atoms with Gasteiger partial charge in [0.1, 0.15) is 11.3 Å². The molecule has 1 N–H and O–H groups in total. The van der Waals surface area contributed by atoms with E-state index in [2.05, 4.69) is 20.2 Å². The summed E-state index contributed by atoms with van der Waals surface area (Å²) in [6.45, 7) is 3.41. The molecule has 0 saturated carbocycles. The number of carbonyl (C=O) groups is 1. The zero-order chi connectivity index (χ0) is 21.6. The number of piperidine rings is 1. The van der Waals surface area contributed by atoms with Crippen LogP contribution in [0.3, 0.4) is 0 Å². The summed E-state index contributed by atoms with van der Waals surface area (Å²) in [5, 5.41) is 3.79. The van der Waals surface area contributed by atoms with E-state index in [-0.39, 0.29) is 11.4 Å². The van der Waals surface area contributed by atoms with E-state index in [1.807, 2.05) is 18.2 Å². The Labute approximate surface area is 176 Å². The van der Waals surface area contributed by atoms with E-state index in [9.17, 15) is 13.2 Å². The first kappa shape index (κ1) is 21.8. The predicted molar refractivity (Wildman–Crippen MR) is 116 cm³/mol. The van der Waals surface area contributed by atoms with Gasteiger partial charge in [0.05, 0.1) is 0 Å². The Morgan fingerprint density at radius 2 is 1.90 bits per heavy atom. The predicted octanol–water partition coefficient (Wildman–Crippen LogP) is 2.94. The lowest BCUT2D eigenvalue weighted by molar-refractivity contribution is 0.0943. The molecule has 2 heterocycles. The first-order chi connectivity index (χ1) is 14.3. The van der Waals surface area contributed by atoms with Crippen molar-refractivity contribution < 1.29 is 17.9 Å². The third-order valence-corrected chi connectivity index (χ3v) is 5.21. The van der Waals surface area contributed by atoms with E-state index < -0.39 is 21.8 Å². The second-order valence-corrected chi connectivity index (χ2v) is 9.20. The summed E-state index contributed by atoms with van der Waals surface area (Å²) in [4.78, 5) is 23.8. The number of nitrogens with one attached hydrogen (secondary N) is 1. The largest absolute Gasteiger partial charge is 0.438 e. The Balaban J connectivity index is 1.85. The van der Waals surface area contributed by atoms with Crippen LogP contribution in [0.2, 0.25) is 0 Å². The maximum absolute atomic E-state index is 12.8. The van der Waals surface area contributed by atoms with Gasteiger partial charge >= 0.3 is 0 Å². The van der Waals surface area contributed by atoms with Crippen molar-refractivity contribution in [2.24, 2.45) is 0 Å². The van der Waals surface area contributed by atoms with Gasteiger partial charge < -0.3 is 15.0 Å². The minimum Gasteiger partial charge on any atom is -0.438 e. The molecule has 1 aliphatic rings. The summed E-state index contributed by atoms with van der Waals surface area (Å²) in [5.41, 5.74) is 0.180. The number of carbonyl (C=O) groups excluding carboxylic acids is 1. The normalized spacial score (nSPS) is 15.7. The number of anilines is 1. The average Bonchev–Trinajstić information content (AvgIpc) is 2.73. The summed E-state index contributed by atoms with van der Waals surface area (Å²) >= 11 is 0. The fraction of sp³-hybridized carbons (Fsp3) is 0.381. The lowest BCUT2D eigenvalue weighted by Gasteiger charge is -2.27. The molecular formula is C21H26N4O4S. The number of aromatic nitrogens is 2. The smallest absolute Gasteiger partial charge is 0.258 e. The monoisotopic (exact) mass is 430 g/mol. The molecule has 1 amide bonds. The van der Waals surface area contributed by atoms with Crippen LogP contribution >= 0.6 is 0 Å². The van der Waals surface area contributed by atoms with Crippen molar-refractivity contribution in [1.82, 2.24) is 15.3 Å². The number of rotatable bonds is 7. The van der Waals surface area contributed by atoms with Crippen LogP contribution in [0.5, 0.6) is 11.6 Å². The molecule has 0 spiro atoms. The molecule has 1 aromatic heterocycles. The molecule has 8 nitrogen and oxygen atoms in total. The van der Waals surface area contributed by atoms with Crippen LogP contribution in [-0.2, 0) is 9.84 Å². The topological polar surface area (TPSA) is 101 Å². The van der Waals surface area contributed by atoms with Crippen molar-refractivity contribution in [3.63, 3.8) is 0 Å². The van der Waals surface area contributed by atoms with Crippen LogP contribution in [-0.4, -0.2) is 49.7 Å². The van der Waals surface area contributed by atoms with Gasteiger partial charge in [-0.25, -0.2) is 13.4 Å². The summed E-state index contributed by atoms with van der Waals surface area (Å²) in [5.74, 6) is 0.799. The van der Waals surface area contributed by atoms with Crippen LogP contribution < -0.4 is 15.0 Å². The van der Waals surface area contributed by atoms with E-state index in [1.165, 1.54) is 18.7 Å². The fourth-order valence-corrected chi connectivity index (χ4v) is 3.55. The quantitative estimate of drug-likeness (QED) is 0.720. The highest BCUT2D eigenvalue weighted by molar-refractivity contribution is 7.93. The standard InChI is InChI=1S/C21H26N4O4S/c1-16(11-14-30(2,27)28)23-19(26)18-15-22-21(25-12-7-4-8-13-25)24-20(18)29-17-9-5-3-6-10-17/h3,5-6,9-11,14-16H,4,7-8,12-13H2,1-2H3,(H,23,26)/b14-11+/t16-/m0/s1. The van der Waals surface area contributed by atoms with E-state index in [1.54, 1.807) is 19.1 Å². The summed E-state index contributed by atoms with van der Waals surface area (Å²) in [6, 6.07) is 8.59. The first-order valence-electron chi connectivity index (χ1n) is 9.86. The van der Waals surface area contributed by atoms with Gasteiger partial charge in [-0.3, -0.25) is 4.79 Å². The zero-order valence-electron chi connectivity index (χ0n) is 17.1. The van der Waals surface area contributed by atoms with Crippen LogP contribution in [0, 0.1) is 0 Å².